The minimum absolute atomic E-state index is 0.0103. The molecule has 0 atom stereocenters. The van der Waals surface area contributed by atoms with Crippen molar-refractivity contribution in [3.63, 3.8) is 0 Å². The molecule has 0 fully saturated rings. The average Bonchev–Trinajstić information content (AvgIpc) is 2.49. The Morgan fingerprint density at radius 3 is 2.40 bits per heavy atom. The van der Waals surface area contributed by atoms with E-state index in [4.69, 9.17) is 0 Å². The van der Waals surface area contributed by atoms with Crippen LogP contribution in [0.4, 0.5) is 5.69 Å². The number of rotatable bonds is 7. The molecule has 0 aromatic heterocycles. The molecule has 1 aromatic rings. The zero-order valence-electron chi connectivity index (χ0n) is 13.2. The van der Waals surface area contributed by atoms with E-state index >= 15 is 0 Å². The van der Waals surface area contributed by atoms with Gasteiger partial charge in [-0.25, -0.2) is 0 Å². The Labute approximate surface area is 126 Å². The molecule has 1 amide bonds. The normalized spacial score (nSPS) is 11.2. The molecule has 1 aromatic carbocycles. The molecule has 0 bridgehead atoms. The molecular weight excluding hydrogens is 268 g/mol. The first-order chi connectivity index (χ1) is 9.51. The lowest BCUT2D eigenvalue weighted by atomic mass is 10.0. The van der Waals surface area contributed by atoms with E-state index < -0.39 is 0 Å². The molecule has 0 saturated carbocycles. The molecule has 0 radical (unpaired) electrons. The van der Waals surface area contributed by atoms with Crippen molar-refractivity contribution in [1.82, 2.24) is 5.32 Å². The van der Waals surface area contributed by atoms with Crippen molar-refractivity contribution in [2.24, 2.45) is 0 Å². The molecule has 4 heteroatoms. The summed E-state index contributed by atoms with van der Waals surface area (Å²) in [7, 11) is 1.89. The Kier molecular flexibility index (Phi) is 6.40. The number of carbonyl (C=O) groups excluding carboxylic acids is 1. The highest BCUT2D eigenvalue weighted by atomic mass is 32.2. The zero-order chi connectivity index (χ0) is 15.2. The molecule has 0 spiro atoms. The van der Waals surface area contributed by atoms with Crippen molar-refractivity contribution in [3.8, 4) is 0 Å². The number of amides is 1. The summed E-state index contributed by atoms with van der Waals surface area (Å²) in [5, 5.41) is 6.19. The minimum Gasteiger partial charge on any atom is -0.388 e. The van der Waals surface area contributed by atoms with Gasteiger partial charge in [0.1, 0.15) is 0 Å². The second kappa shape index (κ2) is 7.58. The van der Waals surface area contributed by atoms with Gasteiger partial charge in [0, 0.05) is 29.6 Å². The number of benzene rings is 1. The van der Waals surface area contributed by atoms with Crippen molar-refractivity contribution < 1.29 is 4.79 Å². The van der Waals surface area contributed by atoms with Gasteiger partial charge < -0.3 is 10.6 Å². The van der Waals surface area contributed by atoms with Gasteiger partial charge in [0.2, 0.25) is 0 Å². The maximum atomic E-state index is 12.3. The quantitative estimate of drug-likeness (QED) is 0.806. The number of nitrogens with one attached hydrogen (secondary N) is 2. The molecule has 0 saturated heterocycles. The van der Waals surface area contributed by atoms with Crippen LogP contribution in [0.2, 0.25) is 0 Å². The van der Waals surface area contributed by atoms with Crippen LogP contribution >= 0.6 is 11.8 Å². The highest BCUT2D eigenvalue weighted by Gasteiger charge is 2.25. The van der Waals surface area contributed by atoms with E-state index in [0.29, 0.717) is 6.54 Å². The third-order valence-electron chi connectivity index (χ3n) is 4.05. The van der Waals surface area contributed by atoms with Crippen LogP contribution in [0, 0.1) is 6.92 Å². The Bertz CT molecular complexity index is 448. The second-order valence-electron chi connectivity index (χ2n) is 5.06. The van der Waals surface area contributed by atoms with Gasteiger partial charge in [-0.05, 0) is 49.8 Å². The van der Waals surface area contributed by atoms with Crippen LogP contribution in [0.1, 0.15) is 42.6 Å². The fraction of sp³-hybridized carbons (Fsp3) is 0.562. The fourth-order valence-corrected chi connectivity index (χ4v) is 3.08. The first kappa shape index (κ1) is 16.9. The lowest BCUT2D eigenvalue weighted by Crippen LogP contribution is -2.39. The molecule has 112 valence electrons. The SMILES string of the molecule is CCC(CC)(CNC(=O)c1ccc(NC)c(C)c1)SC. The van der Waals surface area contributed by atoms with Crippen LogP contribution in [0.5, 0.6) is 0 Å². The second-order valence-corrected chi connectivity index (χ2v) is 6.33. The minimum atomic E-state index is 0.0103. The van der Waals surface area contributed by atoms with E-state index in [0.717, 1.165) is 29.7 Å². The number of anilines is 1. The van der Waals surface area contributed by atoms with Crippen LogP contribution in [-0.2, 0) is 0 Å². The number of thioether (sulfide) groups is 1. The molecule has 0 aliphatic carbocycles. The van der Waals surface area contributed by atoms with Gasteiger partial charge in [0.05, 0.1) is 0 Å². The van der Waals surface area contributed by atoms with Crippen LogP contribution in [0.25, 0.3) is 0 Å². The summed E-state index contributed by atoms with van der Waals surface area (Å²) in [4.78, 5) is 12.3. The van der Waals surface area contributed by atoms with Crippen molar-refractivity contribution >= 4 is 23.4 Å². The summed E-state index contributed by atoms with van der Waals surface area (Å²) in [6.07, 6.45) is 4.23. The molecule has 0 aliphatic rings. The zero-order valence-corrected chi connectivity index (χ0v) is 14.0. The molecular formula is C16H26N2OS. The van der Waals surface area contributed by atoms with E-state index in [1.54, 1.807) is 0 Å². The van der Waals surface area contributed by atoms with Crippen LogP contribution < -0.4 is 10.6 Å². The van der Waals surface area contributed by atoms with Gasteiger partial charge in [-0.1, -0.05) is 13.8 Å². The topological polar surface area (TPSA) is 41.1 Å². The third kappa shape index (κ3) is 3.92. The Hall–Kier alpha value is -1.16. The van der Waals surface area contributed by atoms with Crippen molar-refractivity contribution in [2.45, 2.75) is 38.4 Å². The van der Waals surface area contributed by atoms with Gasteiger partial charge in [-0.3, -0.25) is 4.79 Å². The van der Waals surface area contributed by atoms with Crippen LogP contribution in [0.3, 0.4) is 0 Å². The average molecular weight is 294 g/mol. The van der Waals surface area contributed by atoms with Gasteiger partial charge in [0.15, 0.2) is 0 Å². The summed E-state index contributed by atoms with van der Waals surface area (Å²) in [6, 6.07) is 5.75. The highest BCUT2D eigenvalue weighted by Crippen LogP contribution is 2.29. The molecule has 2 N–H and O–H groups in total. The number of hydrogen-bond acceptors (Lipinski definition) is 3. The van der Waals surface area contributed by atoms with Gasteiger partial charge in [-0.15, -0.1) is 0 Å². The summed E-state index contributed by atoms with van der Waals surface area (Å²) >= 11 is 1.84. The maximum absolute atomic E-state index is 12.3. The number of hydrogen-bond donors (Lipinski definition) is 2. The predicted molar refractivity (Wildman–Crippen MR) is 89.9 cm³/mol. The third-order valence-corrected chi connectivity index (χ3v) is 5.64. The van der Waals surface area contributed by atoms with Gasteiger partial charge in [0.25, 0.3) is 5.91 Å². The Balaban J connectivity index is 2.74. The van der Waals surface area contributed by atoms with Crippen molar-refractivity contribution in [3.05, 3.63) is 29.3 Å². The largest absolute Gasteiger partial charge is 0.388 e. The Morgan fingerprint density at radius 2 is 1.95 bits per heavy atom. The summed E-state index contributed by atoms with van der Waals surface area (Å²) in [6.45, 7) is 7.08. The standard InChI is InChI=1S/C16H26N2OS/c1-6-16(7-2,20-5)11-18-15(19)13-8-9-14(17-4)12(3)10-13/h8-10,17H,6-7,11H2,1-5H3,(H,18,19). The molecule has 3 nitrogen and oxygen atoms in total. The molecule has 0 unspecified atom stereocenters. The van der Waals surface area contributed by atoms with E-state index in [2.05, 4.69) is 30.7 Å². The molecule has 0 aliphatic heterocycles. The Morgan fingerprint density at radius 1 is 1.30 bits per heavy atom. The lowest BCUT2D eigenvalue weighted by Gasteiger charge is -2.29. The summed E-state index contributed by atoms with van der Waals surface area (Å²) in [5.41, 5.74) is 2.87. The molecule has 1 rings (SSSR count). The summed E-state index contributed by atoms with van der Waals surface area (Å²) in [5.74, 6) is 0.0103. The van der Waals surface area contributed by atoms with Gasteiger partial charge >= 0.3 is 0 Å². The van der Waals surface area contributed by atoms with Gasteiger partial charge in [-0.2, -0.15) is 11.8 Å². The van der Waals surface area contributed by atoms with Crippen LogP contribution in [-0.4, -0.2) is 30.5 Å². The first-order valence-electron chi connectivity index (χ1n) is 7.13. The maximum Gasteiger partial charge on any atom is 0.251 e. The van der Waals surface area contributed by atoms with Crippen LogP contribution in [0.15, 0.2) is 18.2 Å². The van der Waals surface area contributed by atoms with E-state index in [1.165, 1.54) is 0 Å². The van der Waals surface area contributed by atoms with Crippen molar-refractivity contribution in [1.29, 1.82) is 0 Å². The fourth-order valence-electron chi connectivity index (χ4n) is 2.29. The summed E-state index contributed by atoms with van der Waals surface area (Å²) < 4.78 is 0.148. The smallest absolute Gasteiger partial charge is 0.251 e. The predicted octanol–water partition coefficient (Wildman–Crippen LogP) is 3.69. The monoisotopic (exact) mass is 294 g/mol. The number of aryl methyl sites for hydroxylation is 1. The first-order valence-corrected chi connectivity index (χ1v) is 8.36. The molecule has 20 heavy (non-hydrogen) atoms. The highest BCUT2D eigenvalue weighted by molar-refractivity contribution is 8.00. The van der Waals surface area contributed by atoms with E-state index in [1.807, 2.05) is 43.9 Å². The van der Waals surface area contributed by atoms with Crippen molar-refractivity contribution in [2.75, 3.05) is 25.2 Å². The lowest BCUT2D eigenvalue weighted by molar-refractivity contribution is 0.0949. The van der Waals surface area contributed by atoms with E-state index in [-0.39, 0.29) is 10.7 Å². The molecule has 0 heterocycles. The van der Waals surface area contributed by atoms with E-state index in [9.17, 15) is 4.79 Å². The number of carbonyl (C=O) groups is 1.